The Morgan fingerprint density at radius 2 is 1.53 bits per heavy atom. The summed E-state index contributed by atoms with van der Waals surface area (Å²) in [6.07, 6.45) is 0. The van der Waals surface area contributed by atoms with E-state index in [2.05, 4.69) is 61.5 Å². The Kier molecular flexibility index (Phi) is 2.96. The van der Waals surface area contributed by atoms with Gasteiger partial charge in [-0.25, -0.2) is 0 Å². The van der Waals surface area contributed by atoms with Crippen molar-refractivity contribution in [3.63, 3.8) is 0 Å². The van der Waals surface area contributed by atoms with Gasteiger partial charge in [-0.15, -0.1) is 0 Å². The topological polar surface area (TPSA) is 9.23 Å². The van der Waals surface area contributed by atoms with E-state index < -0.39 is 0 Å². The molecule has 0 aromatic heterocycles. The van der Waals surface area contributed by atoms with E-state index in [0.29, 0.717) is 0 Å². The molecule has 19 heavy (non-hydrogen) atoms. The minimum Gasteiger partial charge on any atom is -0.496 e. The first-order valence-electron chi connectivity index (χ1n) is 6.43. The third-order valence-electron chi connectivity index (χ3n) is 3.56. The molecule has 0 aliphatic heterocycles. The summed E-state index contributed by atoms with van der Waals surface area (Å²) in [6.45, 7) is 2.16. The van der Waals surface area contributed by atoms with E-state index in [1.54, 1.807) is 7.11 Å². The highest BCUT2D eigenvalue weighted by atomic mass is 16.5. The Morgan fingerprint density at radius 1 is 0.842 bits per heavy atom. The Labute approximate surface area is 113 Å². The van der Waals surface area contributed by atoms with Crippen LogP contribution in [0.1, 0.15) is 5.56 Å². The SMILES string of the molecule is COc1cc2ccccc2c(C)c1-c1ccccc1. The summed E-state index contributed by atoms with van der Waals surface area (Å²) >= 11 is 0. The summed E-state index contributed by atoms with van der Waals surface area (Å²) in [6, 6.07) is 20.9. The van der Waals surface area contributed by atoms with E-state index in [4.69, 9.17) is 4.74 Å². The van der Waals surface area contributed by atoms with Crippen molar-refractivity contribution in [3.05, 3.63) is 66.2 Å². The lowest BCUT2D eigenvalue weighted by atomic mass is 9.94. The van der Waals surface area contributed by atoms with Gasteiger partial charge in [0.2, 0.25) is 0 Å². The molecule has 0 aliphatic rings. The number of fused-ring (bicyclic) bond motifs is 1. The second-order valence-corrected chi connectivity index (χ2v) is 4.67. The van der Waals surface area contributed by atoms with Gasteiger partial charge in [0.25, 0.3) is 0 Å². The van der Waals surface area contributed by atoms with Gasteiger partial charge in [0.15, 0.2) is 0 Å². The first-order chi connectivity index (χ1) is 9.31. The zero-order chi connectivity index (χ0) is 13.2. The Balaban J connectivity index is 2.37. The average Bonchev–Trinajstić information content (AvgIpc) is 2.48. The molecule has 94 valence electrons. The Morgan fingerprint density at radius 3 is 2.26 bits per heavy atom. The van der Waals surface area contributed by atoms with Crippen LogP contribution in [0.25, 0.3) is 21.9 Å². The summed E-state index contributed by atoms with van der Waals surface area (Å²) in [4.78, 5) is 0. The molecule has 0 unspecified atom stereocenters. The highest BCUT2D eigenvalue weighted by Crippen LogP contribution is 2.37. The van der Waals surface area contributed by atoms with Crippen LogP contribution in [-0.2, 0) is 0 Å². The number of hydrogen-bond donors (Lipinski definition) is 0. The van der Waals surface area contributed by atoms with Gasteiger partial charge in [0.05, 0.1) is 7.11 Å². The molecule has 0 fully saturated rings. The summed E-state index contributed by atoms with van der Waals surface area (Å²) in [5, 5.41) is 2.50. The van der Waals surface area contributed by atoms with Crippen molar-refractivity contribution >= 4 is 10.8 Å². The first-order valence-corrected chi connectivity index (χ1v) is 6.43. The van der Waals surface area contributed by atoms with Crippen LogP contribution in [0.4, 0.5) is 0 Å². The summed E-state index contributed by atoms with van der Waals surface area (Å²) in [7, 11) is 1.73. The van der Waals surface area contributed by atoms with Crippen LogP contribution in [0, 0.1) is 6.92 Å². The monoisotopic (exact) mass is 248 g/mol. The fourth-order valence-corrected chi connectivity index (χ4v) is 2.62. The van der Waals surface area contributed by atoms with Crippen LogP contribution in [0.3, 0.4) is 0 Å². The van der Waals surface area contributed by atoms with Crippen LogP contribution in [0.5, 0.6) is 5.75 Å². The first kappa shape index (κ1) is 11.8. The minimum atomic E-state index is 0.933. The number of ether oxygens (including phenoxy) is 1. The van der Waals surface area contributed by atoms with Gasteiger partial charge in [-0.3, -0.25) is 0 Å². The van der Waals surface area contributed by atoms with E-state index in [9.17, 15) is 0 Å². The van der Waals surface area contributed by atoms with Gasteiger partial charge < -0.3 is 4.74 Å². The van der Waals surface area contributed by atoms with E-state index in [-0.39, 0.29) is 0 Å². The number of hydrogen-bond acceptors (Lipinski definition) is 1. The molecule has 0 N–H and O–H groups in total. The van der Waals surface area contributed by atoms with Crippen molar-refractivity contribution < 1.29 is 4.74 Å². The minimum absolute atomic E-state index is 0.933. The molecule has 0 bridgehead atoms. The van der Waals surface area contributed by atoms with Gasteiger partial charge in [-0.05, 0) is 34.9 Å². The lowest BCUT2D eigenvalue weighted by molar-refractivity contribution is 0.417. The lowest BCUT2D eigenvalue weighted by Gasteiger charge is -2.15. The maximum atomic E-state index is 5.59. The van der Waals surface area contributed by atoms with Crippen LogP contribution < -0.4 is 4.74 Å². The largest absolute Gasteiger partial charge is 0.496 e. The summed E-state index contributed by atoms with van der Waals surface area (Å²) in [5.74, 6) is 0.933. The molecule has 0 amide bonds. The molecule has 1 heteroatoms. The van der Waals surface area contributed by atoms with E-state index in [1.165, 1.54) is 27.5 Å². The summed E-state index contributed by atoms with van der Waals surface area (Å²) < 4.78 is 5.59. The molecule has 3 aromatic rings. The van der Waals surface area contributed by atoms with Gasteiger partial charge >= 0.3 is 0 Å². The lowest BCUT2D eigenvalue weighted by Crippen LogP contribution is -1.92. The van der Waals surface area contributed by atoms with E-state index >= 15 is 0 Å². The van der Waals surface area contributed by atoms with E-state index in [1.807, 2.05) is 6.07 Å². The third-order valence-corrected chi connectivity index (χ3v) is 3.56. The van der Waals surface area contributed by atoms with Gasteiger partial charge in [0, 0.05) is 5.56 Å². The quantitative estimate of drug-likeness (QED) is 0.631. The van der Waals surface area contributed by atoms with Crippen LogP contribution >= 0.6 is 0 Å². The molecule has 0 heterocycles. The second-order valence-electron chi connectivity index (χ2n) is 4.67. The van der Waals surface area contributed by atoms with E-state index in [0.717, 1.165) is 5.75 Å². The summed E-state index contributed by atoms with van der Waals surface area (Å²) in [5.41, 5.74) is 3.64. The van der Waals surface area contributed by atoms with Crippen LogP contribution in [0.15, 0.2) is 60.7 Å². The molecule has 0 aliphatic carbocycles. The molecule has 3 aromatic carbocycles. The molecule has 0 saturated heterocycles. The molecule has 3 rings (SSSR count). The second kappa shape index (κ2) is 4.77. The van der Waals surface area contributed by atoms with Crippen molar-refractivity contribution in [2.75, 3.05) is 7.11 Å². The Hall–Kier alpha value is -2.28. The normalized spacial score (nSPS) is 10.6. The van der Waals surface area contributed by atoms with Crippen molar-refractivity contribution in [2.24, 2.45) is 0 Å². The van der Waals surface area contributed by atoms with Crippen LogP contribution in [0.2, 0.25) is 0 Å². The number of methoxy groups -OCH3 is 1. The maximum Gasteiger partial charge on any atom is 0.127 e. The molecule has 0 spiro atoms. The van der Waals surface area contributed by atoms with Crippen molar-refractivity contribution in [1.29, 1.82) is 0 Å². The van der Waals surface area contributed by atoms with Crippen molar-refractivity contribution in [2.45, 2.75) is 6.92 Å². The fraction of sp³-hybridized carbons (Fsp3) is 0.111. The number of rotatable bonds is 2. The molecule has 0 saturated carbocycles. The van der Waals surface area contributed by atoms with Crippen LogP contribution in [-0.4, -0.2) is 7.11 Å². The predicted molar refractivity (Wildman–Crippen MR) is 80.7 cm³/mol. The average molecular weight is 248 g/mol. The molecule has 1 nitrogen and oxygen atoms in total. The van der Waals surface area contributed by atoms with Crippen molar-refractivity contribution in [1.82, 2.24) is 0 Å². The zero-order valence-electron chi connectivity index (χ0n) is 11.2. The van der Waals surface area contributed by atoms with Gasteiger partial charge in [-0.1, -0.05) is 54.6 Å². The molecule has 0 radical (unpaired) electrons. The van der Waals surface area contributed by atoms with Gasteiger partial charge in [-0.2, -0.15) is 0 Å². The zero-order valence-corrected chi connectivity index (χ0v) is 11.2. The smallest absolute Gasteiger partial charge is 0.127 e. The molecule has 0 atom stereocenters. The van der Waals surface area contributed by atoms with Crippen molar-refractivity contribution in [3.8, 4) is 16.9 Å². The maximum absolute atomic E-state index is 5.59. The fourth-order valence-electron chi connectivity index (χ4n) is 2.62. The highest BCUT2D eigenvalue weighted by Gasteiger charge is 2.12. The van der Waals surface area contributed by atoms with Gasteiger partial charge in [0.1, 0.15) is 5.75 Å². The molecular formula is C18H16O. The predicted octanol–water partition coefficient (Wildman–Crippen LogP) is 4.82. The standard InChI is InChI=1S/C18H16O/c1-13-16-11-7-6-10-15(16)12-17(19-2)18(13)14-8-4-3-5-9-14/h3-12H,1-2H3. The third kappa shape index (κ3) is 1.97. The number of benzene rings is 3. The Bertz CT molecular complexity index is 714. The highest BCUT2D eigenvalue weighted by molar-refractivity contribution is 5.94. The molecular weight excluding hydrogens is 232 g/mol. The number of aryl methyl sites for hydroxylation is 1.